The van der Waals surface area contributed by atoms with E-state index in [0.717, 1.165) is 0 Å². The van der Waals surface area contributed by atoms with Gasteiger partial charge in [-0.2, -0.15) is 18.2 Å². The minimum absolute atomic E-state index is 0.375. The number of amides is 1. The lowest BCUT2D eigenvalue weighted by molar-refractivity contribution is -0.159. The summed E-state index contributed by atoms with van der Waals surface area (Å²) in [5, 5.41) is 2.92. The van der Waals surface area contributed by atoms with Gasteiger partial charge >= 0.3 is 12.1 Å². The van der Waals surface area contributed by atoms with Crippen LogP contribution < -0.4 is 5.73 Å². The van der Waals surface area contributed by atoms with Gasteiger partial charge in [-0.15, -0.1) is 0 Å². The van der Waals surface area contributed by atoms with Gasteiger partial charge < -0.3 is 10.3 Å². The Morgan fingerprint density at radius 2 is 2.15 bits per heavy atom. The first-order chi connectivity index (χ1) is 5.89. The molecule has 1 aromatic rings. The van der Waals surface area contributed by atoms with E-state index in [-0.39, 0.29) is 5.82 Å². The Morgan fingerprint density at radius 3 is 2.54 bits per heavy atom. The van der Waals surface area contributed by atoms with Crippen LogP contribution in [0.1, 0.15) is 11.7 Å². The Morgan fingerprint density at radius 1 is 1.54 bits per heavy atom. The number of rotatable bonds is 2. The van der Waals surface area contributed by atoms with Crippen molar-refractivity contribution in [2.45, 2.75) is 12.6 Å². The maximum absolute atomic E-state index is 11.8. The molecule has 1 heterocycles. The van der Waals surface area contributed by atoms with Gasteiger partial charge in [0.25, 0.3) is 0 Å². The summed E-state index contributed by atoms with van der Waals surface area (Å²) in [6.07, 6.45) is -5.16. The third-order valence-corrected chi connectivity index (χ3v) is 1.04. The molecule has 1 amide bonds. The number of nitrogens with zero attached hydrogens (tertiary/aromatic N) is 2. The molecule has 13 heavy (non-hydrogen) atoms. The monoisotopic (exact) mass is 195 g/mol. The molecule has 72 valence electrons. The predicted molar refractivity (Wildman–Crippen MR) is 32.2 cm³/mol. The van der Waals surface area contributed by atoms with Gasteiger partial charge in [-0.05, 0) is 0 Å². The maximum Gasteiger partial charge on any atom is 0.471 e. The van der Waals surface area contributed by atoms with E-state index in [0.29, 0.717) is 0 Å². The molecule has 2 N–H and O–H groups in total. The number of carbonyl (C=O) groups excluding carboxylic acids is 1. The quantitative estimate of drug-likeness (QED) is 0.726. The number of primary amides is 1. The van der Waals surface area contributed by atoms with E-state index in [2.05, 4.69) is 14.7 Å². The average molecular weight is 195 g/mol. The first kappa shape index (κ1) is 9.49. The highest BCUT2D eigenvalue weighted by molar-refractivity contribution is 5.75. The molecule has 0 unspecified atom stereocenters. The van der Waals surface area contributed by atoms with Crippen molar-refractivity contribution >= 4 is 5.91 Å². The molecular formula is C5H4F3N3O2. The average Bonchev–Trinajstić information content (AvgIpc) is 2.32. The molecule has 0 radical (unpaired) electrons. The van der Waals surface area contributed by atoms with Crippen molar-refractivity contribution in [3.63, 3.8) is 0 Å². The molecule has 0 aromatic carbocycles. The fraction of sp³-hybridized carbons (Fsp3) is 0.400. The topological polar surface area (TPSA) is 82.0 Å². The number of hydrogen-bond donors (Lipinski definition) is 1. The molecule has 0 saturated carbocycles. The second-order valence-electron chi connectivity index (χ2n) is 2.16. The Balaban J connectivity index is 2.81. The van der Waals surface area contributed by atoms with Crippen molar-refractivity contribution in [3.05, 3.63) is 11.7 Å². The van der Waals surface area contributed by atoms with E-state index >= 15 is 0 Å². The molecule has 0 bridgehead atoms. The molecule has 0 aliphatic rings. The van der Waals surface area contributed by atoms with Crippen molar-refractivity contribution < 1.29 is 22.5 Å². The van der Waals surface area contributed by atoms with Gasteiger partial charge in [0.1, 0.15) is 0 Å². The van der Waals surface area contributed by atoms with E-state index in [1.54, 1.807) is 0 Å². The van der Waals surface area contributed by atoms with E-state index in [1.165, 1.54) is 0 Å². The highest BCUT2D eigenvalue weighted by Gasteiger charge is 2.38. The van der Waals surface area contributed by atoms with Crippen molar-refractivity contribution in [1.29, 1.82) is 0 Å². The van der Waals surface area contributed by atoms with Gasteiger partial charge in [0.05, 0.1) is 6.42 Å². The molecule has 0 fully saturated rings. The Hall–Kier alpha value is -1.60. The number of carbonyl (C=O) groups is 1. The number of hydrogen-bond acceptors (Lipinski definition) is 4. The summed E-state index contributed by atoms with van der Waals surface area (Å²) in [5.41, 5.74) is 4.70. The van der Waals surface area contributed by atoms with Gasteiger partial charge in [0, 0.05) is 0 Å². The zero-order valence-corrected chi connectivity index (χ0v) is 6.13. The van der Waals surface area contributed by atoms with Crippen LogP contribution in [-0.4, -0.2) is 16.0 Å². The van der Waals surface area contributed by atoms with Gasteiger partial charge in [-0.3, -0.25) is 4.79 Å². The van der Waals surface area contributed by atoms with Crippen LogP contribution in [0.4, 0.5) is 13.2 Å². The standard InChI is InChI=1S/C5H4F3N3O2/c6-5(7,8)4-10-3(11-13-4)1-2(9)12/h1H2,(H2,9,12). The second-order valence-corrected chi connectivity index (χ2v) is 2.16. The van der Waals surface area contributed by atoms with E-state index in [4.69, 9.17) is 5.73 Å². The summed E-state index contributed by atoms with van der Waals surface area (Å²) in [5.74, 6) is -2.68. The van der Waals surface area contributed by atoms with Crippen molar-refractivity contribution in [2.24, 2.45) is 5.73 Å². The fourth-order valence-electron chi connectivity index (χ4n) is 0.597. The zero-order valence-electron chi connectivity index (χ0n) is 6.13. The summed E-state index contributed by atoms with van der Waals surface area (Å²) in [6, 6.07) is 0. The van der Waals surface area contributed by atoms with Crippen molar-refractivity contribution in [1.82, 2.24) is 10.1 Å². The fourth-order valence-corrected chi connectivity index (χ4v) is 0.597. The second kappa shape index (κ2) is 3.04. The van der Waals surface area contributed by atoms with E-state index in [1.807, 2.05) is 0 Å². The SMILES string of the molecule is NC(=O)Cc1noc(C(F)(F)F)n1. The summed E-state index contributed by atoms with van der Waals surface area (Å²) in [4.78, 5) is 13.2. The van der Waals surface area contributed by atoms with Crippen LogP contribution in [0.5, 0.6) is 0 Å². The van der Waals surface area contributed by atoms with Crippen LogP contribution in [-0.2, 0) is 17.4 Å². The van der Waals surface area contributed by atoms with Crippen molar-refractivity contribution in [3.8, 4) is 0 Å². The molecule has 1 aromatic heterocycles. The van der Waals surface area contributed by atoms with Crippen LogP contribution in [0.25, 0.3) is 0 Å². The lowest BCUT2D eigenvalue weighted by atomic mass is 10.4. The highest BCUT2D eigenvalue weighted by atomic mass is 19.4. The zero-order chi connectivity index (χ0) is 10.1. The van der Waals surface area contributed by atoms with Crippen LogP contribution in [0.2, 0.25) is 0 Å². The van der Waals surface area contributed by atoms with Crippen molar-refractivity contribution in [2.75, 3.05) is 0 Å². The normalized spacial score (nSPS) is 11.6. The largest absolute Gasteiger partial charge is 0.471 e. The third-order valence-electron chi connectivity index (χ3n) is 1.04. The third kappa shape index (κ3) is 2.42. The molecule has 0 aliphatic carbocycles. The summed E-state index contributed by atoms with van der Waals surface area (Å²) in [6.45, 7) is 0. The molecule has 0 atom stereocenters. The number of halogens is 3. The van der Waals surface area contributed by atoms with Gasteiger partial charge in [-0.25, -0.2) is 0 Å². The number of alkyl halides is 3. The maximum atomic E-state index is 11.8. The summed E-state index contributed by atoms with van der Waals surface area (Å²) >= 11 is 0. The minimum Gasteiger partial charge on any atom is -0.369 e. The Bertz CT molecular complexity index is 319. The predicted octanol–water partition coefficient (Wildman–Crippen LogP) is 0.116. The van der Waals surface area contributed by atoms with Crippen LogP contribution in [0.3, 0.4) is 0 Å². The van der Waals surface area contributed by atoms with Gasteiger partial charge in [0.15, 0.2) is 5.82 Å². The van der Waals surface area contributed by atoms with E-state index < -0.39 is 24.4 Å². The first-order valence-electron chi connectivity index (χ1n) is 3.07. The van der Waals surface area contributed by atoms with Gasteiger partial charge in [-0.1, -0.05) is 5.16 Å². The number of aromatic nitrogens is 2. The first-order valence-corrected chi connectivity index (χ1v) is 3.07. The Labute approximate surface area is 69.7 Å². The van der Waals surface area contributed by atoms with Crippen LogP contribution in [0, 0.1) is 0 Å². The minimum atomic E-state index is -4.69. The molecule has 8 heteroatoms. The molecule has 0 saturated heterocycles. The molecule has 0 spiro atoms. The lowest BCUT2D eigenvalue weighted by Gasteiger charge is -1.95. The smallest absolute Gasteiger partial charge is 0.369 e. The molecular weight excluding hydrogens is 191 g/mol. The van der Waals surface area contributed by atoms with Crippen LogP contribution in [0.15, 0.2) is 4.52 Å². The Kier molecular flexibility index (Phi) is 2.22. The van der Waals surface area contributed by atoms with Crippen LogP contribution >= 0.6 is 0 Å². The lowest BCUT2D eigenvalue weighted by Crippen LogP contribution is -2.15. The highest BCUT2D eigenvalue weighted by Crippen LogP contribution is 2.27. The summed E-state index contributed by atoms with van der Waals surface area (Å²) in [7, 11) is 0. The summed E-state index contributed by atoms with van der Waals surface area (Å²) < 4.78 is 39.3. The molecule has 1 rings (SSSR count). The van der Waals surface area contributed by atoms with Gasteiger partial charge in [0.2, 0.25) is 5.91 Å². The molecule has 5 nitrogen and oxygen atoms in total. The van der Waals surface area contributed by atoms with E-state index in [9.17, 15) is 18.0 Å². The number of nitrogens with two attached hydrogens (primary N) is 1. The molecule has 0 aliphatic heterocycles.